The zero-order valence-corrected chi connectivity index (χ0v) is 16.9. The van der Waals surface area contributed by atoms with Gasteiger partial charge in [-0.1, -0.05) is 54.1 Å². The Morgan fingerprint density at radius 1 is 0.929 bits per heavy atom. The fourth-order valence-corrected chi connectivity index (χ4v) is 4.31. The Morgan fingerprint density at radius 2 is 1.61 bits per heavy atom. The van der Waals surface area contributed by atoms with Gasteiger partial charge < -0.3 is 9.32 Å². The van der Waals surface area contributed by atoms with Crippen LogP contribution in [-0.2, 0) is 27.9 Å². The molecule has 3 rings (SSSR count). The van der Waals surface area contributed by atoms with Crippen molar-refractivity contribution in [3.8, 4) is 0 Å². The molecular formula is C21H20ClNO4S. The van der Waals surface area contributed by atoms with Crippen LogP contribution in [0.5, 0.6) is 0 Å². The van der Waals surface area contributed by atoms with Crippen LogP contribution in [0.4, 0.5) is 0 Å². The maximum absolute atomic E-state index is 12.5. The number of carbonyl (C=O) groups excluding carboxylic acids is 1. The minimum absolute atomic E-state index is 0.120. The third-order valence-corrected chi connectivity index (χ3v) is 5.89. The van der Waals surface area contributed by atoms with E-state index in [0.29, 0.717) is 17.1 Å². The molecular weight excluding hydrogens is 398 g/mol. The summed E-state index contributed by atoms with van der Waals surface area (Å²) in [5, 5.41) is 0.551. The third-order valence-electron chi connectivity index (χ3n) is 4.14. The molecule has 0 atom stereocenters. The Balaban J connectivity index is 1.64. The molecule has 1 aromatic heterocycles. The number of furan rings is 1. The standard InChI is InChI=1S/C21H20ClNO4S/c1-23(13-16-5-3-2-4-6-16)21(24)20-12-11-19(27-20)15-28(25,26)14-17-7-9-18(22)10-8-17/h2-12H,13-15H2,1H3. The Kier molecular flexibility index (Phi) is 6.21. The summed E-state index contributed by atoms with van der Waals surface area (Å²) >= 11 is 5.82. The molecule has 5 nitrogen and oxygen atoms in total. The van der Waals surface area contributed by atoms with Gasteiger partial charge in [0, 0.05) is 18.6 Å². The molecule has 0 radical (unpaired) electrons. The second kappa shape index (κ2) is 8.63. The van der Waals surface area contributed by atoms with Gasteiger partial charge in [-0.25, -0.2) is 8.42 Å². The lowest BCUT2D eigenvalue weighted by Gasteiger charge is -2.15. The number of halogens is 1. The van der Waals surface area contributed by atoms with Crippen LogP contribution in [0.2, 0.25) is 5.02 Å². The van der Waals surface area contributed by atoms with Crippen LogP contribution < -0.4 is 0 Å². The Labute approximate surface area is 169 Å². The molecule has 0 spiro atoms. The first-order chi connectivity index (χ1) is 13.3. The molecule has 0 saturated carbocycles. The summed E-state index contributed by atoms with van der Waals surface area (Å²) in [6, 6.07) is 19.3. The highest BCUT2D eigenvalue weighted by molar-refractivity contribution is 7.89. The first-order valence-electron chi connectivity index (χ1n) is 8.65. The third kappa shape index (κ3) is 5.47. The summed E-state index contributed by atoms with van der Waals surface area (Å²) in [4.78, 5) is 14.0. The number of amides is 1. The van der Waals surface area contributed by atoms with Gasteiger partial charge >= 0.3 is 0 Å². The normalized spacial score (nSPS) is 11.4. The number of benzene rings is 2. The number of rotatable bonds is 7. The summed E-state index contributed by atoms with van der Waals surface area (Å²) in [6.45, 7) is 0.435. The van der Waals surface area contributed by atoms with Gasteiger partial charge in [-0.2, -0.15) is 0 Å². The van der Waals surface area contributed by atoms with Crippen molar-refractivity contribution in [3.63, 3.8) is 0 Å². The monoisotopic (exact) mass is 417 g/mol. The van der Waals surface area contributed by atoms with Crippen LogP contribution in [0, 0.1) is 0 Å². The van der Waals surface area contributed by atoms with E-state index in [1.807, 2.05) is 30.3 Å². The zero-order valence-electron chi connectivity index (χ0n) is 15.3. The molecule has 0 bridgehead atoms. The average molecular weight is 418 g/mol. The van der Waals surface area contributed by atoms with Crippen LogP contribution in [0.3, 0.4) is 0 Å². The maximum Gasteiger partial charge on any atom is 0.289 e. The first-order valence-corrected chi connectivity index (χ1v) is 10.9. The van der Waals surface area contributed by atoms with Crippen LogP contribution in [0.25, 0.3) is 0 Å². The summed E-state index contributed by atoms with van der Waals surface area (Å²) in [5.74, 6) is -0.335. The average Bonchev–Trinajstić information content (AvgIpc) is 3.11. The van der Waals surface area contributed by atoms with Crippen LogP contribution in [-0.4, -0.2) is 26.3 Å². The van der Waals surface area contributed by atoms with Crippen molar-refractivity contribution in [3.05, 3.63) is 94.4 Å². The second-order valence-corrected chi connectivity index (χ2v) is 9.07. The molecule has 0 fully saturated rings. The van der Waals surface area contributed by atoms with Gasteiger partial charge in [-0.05, 0) is 35.4 Å². The predicted molar refractivity (Wildman–Crippen MR) is 109 cm³/mol. The molecule has 0 aliphatic heterocycles. The van der Waals surface area contributed by atoms with E-state index in [2.05, 4.69) is 0 Å². The highest BCUT2D eigenvalue weighted by atomic mass is 35.5. The van der Waals surface area contributed by atoms with Gasteiger partial charge in [0.05, 0.1) is 5.75 Å². The highest BCUT2D eigenvalue weighted by Gasteiger charge is 2.20. The SMILES string of the molecule is CN(Cc1ccccc1)C(=O)c1ccc(CS(=O)(=O)Cc2ccc(Cl)cc2)o1. The molecule has 1 amide bonds. The summed E-state index contributed by atoms with van der Waals surface area (Å²) in [6.07, 6.45) is 0. The van der Waals surface area contributed by atoms with Crippen LogP contribution in [0.1, 0.15) is 27.4 Å². The smallest absolute Gasteiger partial charge is 0.289 e. The quantitative estimate of drug-likeness (QED) is 0.574. The van der Waals surface area contributed by atoms with Gasteiger partial charge in [-0.3, -0.25) is 4.79 Å². The summed E-state index contributed by atoms with van der Waals surface area (Å²) in [7, 11) is -1.77. The number of nitrogens with zero attached hydrogens (tertiary/aromatic N) is 1. The number of hydrogen-bond donors (Lipinski definition) is 0. The first kappa shape index (κ1) is 20.2. The van der Waals surface area contributed by atoms with E-state index in [-0.39, 0.29) is 28.9 Å². The molecule has 0 saturated heterocycles. The van der Waals surface area contributed by atoms with Crippen molar-refractivity contribution in [1.29, 1.82) is 0 Å². The molecule has 146 valence electrons. The maximum atomic E-state index is 12.5. The molecule has 7 heteroatoms. The van der Waals surface area contributed by atoms with Crippen LogP contribution in [0.15, 0.2) is 71.1 Å². The van der Waals surface area contributed by atoms with Crippen molar-refractivity contribution >= 4 is 27.3 Å². The van der Waals surface area contributed by atoms with Gasteiger partial charge in [0.15, 0.2) is 15.6 Å². The molecule has 3 aromatic rings. The minimum atomic E-state index is -3.44. The highest BCUT2D eigenvalue weighted by Crippen LogP contribution is 2.18. The minimum Gasteiger partial charge on any atom is -0.455 e. The molecule has 0 unspecified atom stereocenters. The lowest BCUT2D eigenvalue weighted by molar-refractivity contribution is 0.0752. The number of sulfone groups is 1. The van der Waals surface area contributed by atoms with E-state index in [0.717, 1.165) is 5.56 Å². The van der Waals surface area contributed by atoms with Crippen molar-refractivity contribution in [2.24, 2.45) is 0 Å². The van der Waals surface area contributed by atoms with Crippen molar-refractivity contribution in [1.82, 2.24) is 4.90 Å². The summed E-state index contributed by atoms with van der Waals surface area (Å²) < 4.78 is 30.3. The largest absolute Gasteiger partial charge is 0.455 e. The Bertz CT molecular complexity index is 1040. The van der Waals surface area contributed by atoms with Gasteiger partial charge in [0.25, 0.3) is 5.91 Å². The molecule has 0 aliphatic rings. The van der Waals surface area contributed by atoms with Crippen LogP contribution >= 0.6 is 11.6 Å². The lowest BCUT2D eigenvalue weighted by Crippen LogP contribution is -2.25. The second-order valence-electron chi connectivity index (χ2n) is 6.57. The van der Waals surface area contributed by atoms with Crippen molar-refractivity contribution in [2.75, 3.05) is 7.05 Å². The summed E-state index contributed by atoms with van der Waals surface area (Å²) in [5.41, 5.74) is 1.64. The fourth-order valence-electron chi connectivity index (χ4n) is 2.79. The molecule has 0 aliphatic carbocycles. The molecule has 2 aromatic carbocycles. The zero-order chi connectivity index (χ0) is 20.1. The Morgan fingerprint density at radius 3 is 2.29 bits per heavy atom. The van der Waals surface area contributed by atoms with E-state index in [9.17, 15) is 13.2 Å². The van der Waals surface area contributed by atoms with Crippen molar-refractivity contribution in [2.45, 2.75) is 18.1 Å². The van der Waals surface area contributed by atoms with Crippen molar-refractivity contribution < 1.29 is 17.6 Å². The molecule has 0 N–H and O–H groups in total. The van der Waals surface area contributed by atoms with E-state index in [1.165, 1.54) is 17.0 Å². The Hall–Kier alpha value is -2.57. The van der Waals surface area contributed by atoms with E-state index >= 15 is 0 Å². The van der Waals surface area contributed by atoms with E-state index < -0.39 is 9.84 Å². The lowest BCUT2D eigenvalue weighted by atomic mass is 10.2. The van der Waals surface area contributed by atoms with E-state index in [1.54, 1.807) is 31.3 Å². The molecule has 28 heavy (non-hydrogen) atoms. The topological polar surface area (TPSA) is 67.6 Å². The van der Waals surface area contributed by atoms with E-state index in [4.69, 9.17) is 16.0 Å². The fraction of sp³-hybridized carbons (Fsp3) is 0.190. The predicted octanol–water partition coefficient (Wildman–Crippen LogP) is 4.32. The number of hydrogen-bond acceptors (Lipinski definition) is 4. The molecule has 1 heterocycles. The van der Waals surface area contributed by atoms with Gasteiger partial charge in [-0.15, -0.1) is 0 Å². The van der Waals surface area contributed by atoms with Gasteiger partial charge in [0.2, 0.25) is 0 Å². The van der Waals surface area contributed by atoms with Gasteiger partial charge in [0.1, 0.15) is 11.5 Å². The number of carbonyl (C=O) groups is 1.